The lowest BCUT2D eigenvalue weighted by Crippen LogP contribution is -2.18. The molecule has 3 aromatic rings. The van der Waals surface area contributed by atoms with Crippen LogP contribution in [0.25, 0.3) is 22.2 Å². The van der Waals surface area contributed by atoms with Crippen LogP contribution in [0.1, 0.15) is 46.1 Å². The van der Waals surface area contributed by atoms with E-state index in [9.17, 15) is 4.79 Å². The number of nitrogens with zero attached hydrogens (tertiary/aromatic N) is 1. The molecule has 1 aliphatic rings. The Morgan fingerprint density at radius 1 is 1.15 bits per heavy atom. The molecule has 1 aliphatic carbocycles. The van der Waals surface area contributed by atoms with E-state index in [1.54, 1.807) is 0 Å². The fraction of sp³-hybridized carbons (Fsp3) is 0.423. The molecular formula is C26H33N3O4. The van der Waals surface area contributed by atoms with E-state index in [2.05, 4.69) is 16.0 Å². The molecule has 1 fully saturated rings. The quantitative estimate of drug-likeness (QED) is 0.390. The SMILES string of the molecule is CCOCCOc1ccc2c(N)c(-c3ccc(NC(=O)OC(C)C)cc3)n(C3CCC3)c2c1. The zero-order valence-electron chi connectivity index (χ0n) is 19.6. The van der Waals surface area contributed by atoms with Gasteiger partial charge in [-0.2, -0.15) is 0 Å². The summed E-state index contributed by atoms with van der Waals surface area (Å²) in [5, 5.41) is 3.79. The minimum Gasteiger partial charge on any atom is -0.491 e. The van der Waals surface area contributed by atoms with E-state index in [1.807, 2.05) is 57.2 Å². The molecule has 0 spiro atoms. The molecule has 4 rings (SSSR count). The molecule has 0 atom stereocenters. The van der Waals surface area contributed by atoms with Crippen LogP contribution in [0.5, 0.6) is 5.75 Å². The smallest absolute Gasteiger partial charge is 0.411 e. The number of ether oxygens (including phenoxy) is 3. The van der Waals surface area contributed by atoms with Gasteiger partial charge in [-0.3, -0.25) is 5.32 Å². The second-order valence-electron chi connectivity index (χ2n) is 8.60. The summed E-state index contributed by atoms with van der Waals surface area (Å²) in [4.78, 5) is 11.9. The largest absolute Gasteiger partial charge is 0.491 e. The van der Waals surface area contributed by atoms with Gasteiger partial charge in [-0.05, 0) is 64.3 Å². The van der Waals surface area contributed by atoms with Crippen LogP contribution in [0.3, 0.4) is 0 Å². The molecule has 1 saturated carbocycles. The van der Waals surface area contributed by atoms with Crippen LogP contribution in [0, 0.1) is 0 Å². The van der Waals surface area contributed by atoms with Crippen molar-refractivity contribution >= 4 is 28.4 Å². The summed E-state index contributed by atoms with van der Waals surface area (Å²) in [5.41, 5.74) is 11.2. The minimum absolute atomic E-state index is 0.171. The average Bonchev–Trinajstić information content (AvgIpc) is 3.02. The molecule has 7 nitrogen and oxygen atoms in total. The molecular weight excluding hydrogens is 418 g/mol. The van der Waals surface area contributed by atoms with Crippen LogP contribution in [-0.4, -0.2) is 36.6 Å². The first-order chi connectivity index (χ1) is 16.0. The molecule has 0 aliphatic heterocycles. The number of aromatic nitrogens is 1. The minimum atomic E-state index is -0.460. The number of anilines is 2. The third-order valence-corrected chi connectivity index (χ3v) is 5.90. The zero-order valence-corrected chi connectivity index (χ0v) is 19.6. The van der Waals surface area contributed by atoms with E-state index in [0.29, 0.717) is 31.5 Å². The maximum absolute atomic E-state index is 11.9. The normalized spacial score (nSPS) is 13.8. The number of hydrogen-bond acceptors (Lipinski definition) is 5. The Morgan fingerprint density at radius 3 is 2.55 bits per heavy atom. The third kappa shape index (κ3) is 5.09. The highest BCUT2D eigenvalue weighted by Gasteiger charge is 2.27. The van der Waals surface area contributed by atoms with Crippen LogP contribution in [0.15, 0.2) is 42.5 Å². The second kappa shape index (κ2) is 10.2. The van der Waals surface area contributed by atoms with Gasteiger partial charge in [0.2, 0.25) is 0 Å². The Morgan fingerprint density at radius 2 is 1.91 bits per heavy atom. The maximum Gasteiger partial charge on any atom is 0.411 e. The number of nitrogens with one attached hydrogen (secondary N) is 1. The average molecular weight is 452 g/mol. The molecule has 7 heteroatoms. The Kier molecular flexibility index (Phi) is 7.08. The van der Waals surface area contributed by atoms with Crippen molar-refractivity contribution in [3.05, 3.63) is 42.5 Å². The maximum atomic E-state index is 11.9. The molecule has 0 unspecified atom stereocenters. The molecule has 1 aromatic heterocycles. The van der Waals surface area contributed by atoms with Crippen LogP contribution >= 0.6 is 0 Å². The van der Waals surface area contributed by atoms with E-state index in [1.165, 1.54) is 6.42 Å². The predicted octanol–water partition coefficient (Wildman–Crippen LogP) is 5.99. The molecule has 3 N–H and O–H groups in total. The van der Waals surface area contributed by atoms with Gasteiger partial charge >= 0.3 is 6.09 Å². The van der Waals surface area contributed by atoms with Crippen molar-refractivity contribution in [2.24, 2.45) is 0 Å². The Hall–Kier alpha value is -3.19. The summed E-state index contributed by atoms with van der Waals surface area (Å²) in [7, 11) is 0. The number of nitrogen functional groups attached to an aromatic ring is 1. The van der Waals surface area contributed by atoms with E-state index in [0.717, 1.165) is 46.4 Å². The summed E-state index contributed by atoms with van der Waals surface area (Å²) in [6.07, 6.45) is 2.85. The Balaban J connectivity index is 1.65. The van der Waals surface area contributed by atoms with Crippen molar-refractivity contribution < 1.29 is 19.0 Å². The summed E-state index contributed by atoms with van der Waals surface area (Å²) in [6, 6.07) is 14.2. The van der Waals surface area contributed by atoms with Crippen molar-refractivity contribution in [1.29, 1.82) is 0 Å². The molecule has 0 bridgehead atoms. The van der Waals surface area contributed by atoms with Gasteiger partial charge < -0.3 is 24.5 Å². The van der Waals surface area contributed by atoms with Gasteiger partial charge in [-0.25, -0.2) is 4.79 Å². The lowest BCUT2D eigenvalue weighted by molar-refractivity contribution is 0.110. The molecule has 1 amide bonds. The van der Waals surface area contributed by atoms with Crippen molar-refractivity contribution in [2.75, 3.05) is 30.9 Å². The first-order valence-electron chi connectivity index (χ1n) is 11.7. The van der Waals surface area contributed by atoms with Crippen molar-refractivity contribution in [3.63, 3.8) is 0 Å². The number of carbonyl (C=O) groups is 1. The van der Waals surface area contributed by atoms with Gasteiger partial charge in [0.1, 0.15) is 12.4 Å². The molecule has 0 radical (unpaired) electrons. The first kappa shape index (κ1) is 23.0. The predicted molar refractivity (Wildman–Crippen MR) is 132 cm³/mol. The van der Waals surface area contributed by atoms with Gasteiger partial charge in [0.05, 0.1) is 29.6 Å². The summed E-state index contributed by atoms with van der Waals surface area (Å²) >= 11 is 0. The molecule has 2 aromatic carbocycles. The topological polar surface area (TPSA) is 87.7 Å². The Labute approximate surface area is 194 Å². The van der Waals surface area contributed by atoms with Gasteiger partial charge in [0.15, 0.2) is 0 Å². The van der Waals surface area contributed by atoms with Crippen LogP contribution < -0.4 is 15.8 Å². The number of nitrogens with two attached hydrogens (primary N) is 1. The van der Waals surface area contributed by atoms with Crippen LogP contribution in [-0.2, 0) is 9.47 Å². The fourth-order valence-corrected chi connectivity index (χ4v) is 4.16. The highest BCUT2D eigenvalue weighted by atomic mass is 16.6. The van der Waals surface area contributed by atoms with Crippen LogP contribution in [0.4, 0.5) is 16.2 Å². The molecule has 176 valence electrons. The lowest BCUT2D eigenvalue weighted by Gasteiger charge is -2.30. The third-order valence-electron chi connectivity index (χ3n) is 5.90. The van der Waals surface area contributed by atoms with Crippen molar-refractivity contribution in [3.8, 4) is 17.0 Å². The van der Waals surface area contributed by atoms with E-state index >= 15 is 0 Å². The number of carbonyl (C=O) groups excluding carboxylic acids is 1. The summed E-state index contributed by atoms with van der Waals surface area (Å²) < 4.78 is 18.8. The van der Waals surface area contributed by atoms with E-state index in [4.69, 9.17) is 19.9 Å². The monoisotopic (exact) mass is 451 g/mol. The standard InChI is InChI=1S/C26H33N3O4/c1-4-31-14-15-32-21-12-13-22-23(16-21)29(20-6-5-7-20)25(24(22)27)18-8-10-19(11-9-18)28-26(30)33-17(2)3/h8-13,16-17,20H,4-7,14-15,27H2,1-3H3,(H,28,30). The van der Waals surface area contributed by atoms with Gasteiger partial charge in [0, 0.05) is 35.4 Å². The Bertz CT molecular complexity index is 1100. The number of fused-ring (bicyclic) bond motifs is 1. The fourth-order valence-electron chi connectivity index (χ4n) is 4.16. The molecule has 0 saturated heterocycles. The highest BCUT2D eigenvalue weighted by molar-refractivity contribution is 6.01. The molecule has 33 heavy (non-hydrogen) atoms. The number of benzene rings is 2. The second-order valence-corrected chi connectivity index (χ2v) is 8.60. The van der Waals surface area contributed by atoms with Crippen LogP contribution in [0.2, 0.25) is 0 Å². The first-order valence-corrected chi connectivity index (χ1v) is 11.7. The van der Waals surface area contributed by atoms with Gasteiger partial charge in [-0.15, -0.1) is 0 Å². The van der Waals surface area contributed by atoms with Crippen molar-refractivity contribution in [1.82, 2.24) is 4.57 Å². The summed E-state index contributed by atoms with van der Waals surface area (Å²) in [6.45, 7) is 7.37. The number of rotatable bonds is 9. The number of hydrogen-bond donors (Lipinski definition) is 2. The highest BCUT2D eigenvalue weighted by Crippen LogP contribution is 2.44. The summed E-state index contributed by atoms with van der Waals surface area (Å²) in [5.74, 6) is 0.815. The van der Waals surface area contributed by atoms with Gasteiger partial charge in [0.25, 0.3) is 0 Å². The van der Waals surface area contributed by atoms with Gasteiger partial charge in [-0.1, -0.05) is 12.1 Å². The molecule has 1 heterocycles. The van der Waals surface area contributed by atoms with E-state index < -0.39 is 6.09 Å². The van der Waals surface area contributed by atoms with Crippen molar-refractivity contribution in [2.45, 2.75) is 52.2 Å². The zero-order chi connectivity index (χ0) is 23.4. The van der Waals surface area contributed by atoms with E-state index in [-0.39, 0.29) is 6.10 Å². The lowest BCUT2D eigenvalue weighted by atomic mass is 9.92. The number of amides is 1.